The average Bonchev–Trinajstić information content (AvgIpc) is 3.29. The van der Waals surface area contributed by atoms with Crippen LogP contribution in [0.1, 0.15) is 20.3 Å². The van der Waals surface area contributed by atoms with Gasteiger partial charge in [0.25, 0.3) is 0 Å². The quantitative estimate of drug-likeness (QED) is 0.238. The summed E-state index contributed by atoms with van der Waals surface area (Å²) in [6, 6.07) is 8.38. The molecule has 7 nitrogen and oxygen atoms in total. The van der Waals surface area contributed by atoms with Gasteiger partial charge in [0.2, 0.25) is 5.91 Å². The summed E-state index contributed by atoms with van der Waals surface area (Å²) in [7, 11) is 1.77. The maximum absolute atomic E-state index is 12.1. The maximum Gasteiger partial charge on any atom is 0.225 e. The molecule has 1 fully saturated rings. The monoisotopic (exact) mass is 516 g/mol. The van der Waals surface area contributed by atoms with Crippen LogP contribution in [0.3, 0.4) is 0 Å². The number of nitrogens with zero attached hydrogens (tertiary/aromatic N) is 3. The number of halogens is 1. The van der Waals surface area contributed by atoms with E-state index in [2.05, 4.69) is 32.0 Å². The standard InChI is InChI=1S/C19H28N6OS.HI/c1-13(2)17(26)25-11-8-14(12-25)23-18(20-3)21-9-10-22-19-24-15-6-4-5-7-16(15)27-19;/h4-7,13-14H,8-12H2,1-3H3,(H,22,24)(H2,20,21,23);1H. The second kappa shape index (κ2) is 10.8. The summed E-state index contributed by atoms with van der Waals surface area (Å²) in [5.41, 5.74) is 1.03. The molecule has 0 radical (unpaired) electrons. The molecule has 1 unspecified atom stereocenters. The molecule has 1 amide bonds. The number of amides is 1. The Balaban J connectivity index is 0.00000280. The lowest BCUT2D eigenvalue weighted by Gasteiger charge is -2.20. The number of anilines is 1. The van der Waals surface area contributed by atoms with E-state index in [4.69, 9.17) is 0 Å². The van der Waals surface area contributed by atoms with Gasteiger partial charge in [0.1, 0.15) is 0 Å². The third kappa shape index (κ3) is 5.94. The number of rotatable bonds is 6. The van der Waals surface area contributed by atoms with Gasteiger partial charge in [-0.25, -0.2) is 4.98 Å². The summed E-state index contributed by atoms with van der Waals surface area (Å²) in [5, 5.41) is 11.0. The summed E-state index contributed by atoms with van der Waals surface area (Å²) >= 11 is 1.66. The first kappa shape index (κ1) is 22.7. The van der Waals surface area contributed by atoms with E-state index in [1.165, 1.54) is 4.70 Å². The zero-order valence-corrected chi connectivity index (χ0v) is 19.7. The van der Waals surface area contributed by atoms with Crippen LogP contribution in [0.2, 0.25) is 0 Å². The highest BCUT2D eigenvalue weighted by Gasteiger charge is 2.27. The van der Waals surface area contributed by atoms with Crippen molar-refractivity contribution in [2.75, 3.05) is 38.5 Å². The molecule has 1 aliphatic heterocycles. The summed E-state index contributed by atoms with van der Waals surface area (Å²) in [4.78, 5) is 22.9. The van der Waals surface area contributed by atoms with Crippen LogP contribution in [0.5, 0.6) is 0 Å². The largest absolute Gasteiger partial charge is 0.360 e. The predicted octanol–water partition coefficient (Wildman–Crippen LogP) is 2.75. The number of thiazole rings is 1. The number of aliphatic imine (C=N–C) groups is 1. The van der Waals surface area contributed by atoms with Gasteiger partial charge < -0.3 is 20.9 Å². The fourth-order valence-corrected chi connectivity index (χ4v) is 4.02. The van der Waals surface area contributed by atoms with Gasteiger partial charge in [-0.15, -0.1) is 24.0 Å². The zero-order valence-electron chi connectivity index (χ0n) is 16.6. The number of hydrogen-bond donors (Lipinski definition) is 3. The smallest absolute Gasteiger partial charge is 0.225 e. The van der Waals surface area contributed by atoms with Crippen molar-refractivity contribution in [1.82, 2.24) is 20.5 Å². The number of nitrogens with one attached hydrogen (secondary N) is 3. The Kier molecular flexibility index (Phi) is 8.74. The number of hydrogen-bond acceptors (Lipinski definition) is 5. The first-order chi connectivity index (χ1) is 13.1. The highest BCUT2D eigenvalue weighted by atomic mass is 127. The van der Waals surface area contributed by atoms with E-state index in [1.54, 1.807) is 18.4 Å². The number of benzene rings is 1. The van der Waals surface area contributed by atoms with E-state index in [-0.39, 0.29) is 41.8 Å². The fourth-order valence-electron chi connectivity index (χ4n) is 3.13. The summed E-state index contributed by atoms with van der Waals surface area (Å²) in [5.74, 6) is 1.04. The lowest BCUT2D eigenvalue weighted by Crippen LogP contribution is -2.46. The van der Waals surface area contributed by atoms with E-state index >= 15 is 0 Å². The molecule has 1 aromatic carbocycles. The highest BCUT2D eigenvalue weighted by Crippen LogP contribution is 2.24. The van der Waals surface area contributed by atoms with Gasteiger partial charge in [-0.2, -0.15) is 0 Å². The van der Waals surface area contributed by atoms with Gasteiger partial charge >= 0.3 is 0 Å². The molecule has 0 bridgehead atoms. The van der Waals surface area contributed by atoms with Gasteiger partial charge in [-0.3, -0.25) is 9.79 Å². The number of fused-ring (bicyclic) bond motifs is 1. The molecule has 1 atom stereocenters. The van der Waals surface area contributed by atoms with Gasteiger partial charge in [0.15, 0.2) is 11.1 Å². The number of likely N-dealkylation sites (tertiary alicyclic amines) is 1. The number of para-hydroxylation sites is 1. The molecule has 1 saturated heterocycles. The van der Waals surface area contributed by atoms with Crippen LogP contribution in [0.25, 0.3) is 10.2 Å². The van der Waals surface area contributed by atoms with E-state index < -0.39 is 0 Å². The summed E-state index contributed by atoms with van der Waals surface area (Å²) < 4.78 is 1.19. The Morgan fingerprint density at radius 1 is 1.36 bits per heavy atom. The Hall–Kier alpha value is -1.62. The molecule has 3 N–H and O–H groups in total. The third-order valence-corrected chi connectivity index (χ3v) is 5.54. The van der Waals surface area contributed by atoms with Crippen molar-refractivity contribution in [3.8, 4) is 0 Å². The van der Waals surface area contributed by atoms with E-state index in [0.717, 1.165) is 49.2 Å². The second-order valence-electron chi connectivity index (χ2n) is 6.98. The van der Waals surface area contributed by atoms with Crippen LogP contribution in [-0.2, 0) is 4.79 Å². The Morgan fingerprint density at radius 2 is 2.14 bits per heavy atom. The first-order valence-corrected chi connectivity index (χ1v) is 10.2. The number of guanidine groups is 1. The molecule has 2 aromatic rings. The first-order valence-electron chi connectivity index (χ1n) is 9.42. The van der Waals surface area contributed by atoms with Crippen molar-refractivity contribution in [2.24, 2.45) is 10.9 Å². The molecule has 0 spiro atoms. The number of aromatic nitrogens is 1. The topological polar surface area (TPSA) is 81.7 Å². The van der Waals surface area contributed by atoms with Crippen LogP contribution in [0, 0.1) is 5.92 Å². The van der Waals surface area contributed by atoms with Crippen molar-refractivity contribution in [3.63, 3.8) is 0 Å². The Labute approximate surface area is 187 Å². The maximum atomic E-state index is 12.1. The SMILES string of the molecule is CN=C(NCCNc1nc2ccccc2s1)NC1CCN(C(=O)C(C)C)C1.I. The van der Waals surface area contributed by atoms with Crippen LogP contribution < -0.4 is 16.0 Å². The lowest BCUT2D eigenvalue weighted by atomic mass is 10.2. The van der Waals surface area contributed by atoms with Crippen LogP contribution in [-0.4, -0.2) is 61.0 Å². The lowest BCUT2D eigenvalue weighted by molar-refractivity contribution is -0.133. The van der Waals surface area contributed by atoms with Gasteiger partial charge in [0, 0.05) is 45.2 Å². The number of carbonyl (C=O) groups is 1. The van der Waals surface area contributed by atoms with Crippen LogP contribution >= 0.6 is 35.3 Å². The van der Waals surface area contributed by atoms with Crippen molar-refractivity contribution < 1.29 is 4.79 Å². The zero-order chi connectivity index (χ0) is 19.2. The van der Waals surface area contributed by atoms with Crippen molar-refractivity contribution in [3.05, 3.63) is 24.3 Å². The minimum atomic E-state index is 0. The van der Waals surface area contributed by atoms with Crippen molar-refractivity contribution in [1.29, 1.82) is 0 Å². The highest BCUT2D eigenvalue weighted by molar-refractivity contribution is 14.0. The molecule has 1 aromatic heterocycles. The van der Waals surface area contributed by atoms with E-state index in [1.807, 2.05) is 36.9 Å². The van der Waals surface area contributed by atoms with Crippen LogP contribution in [0.4, 0.5) is 5.13 Å². The predicted molar refractivity (Wildman–Crippen MR) is 128 cm³/mol. The summed E-state index contributed by atoms with van der Waals surface area (Å²) in [6.45, 7) is 6.93. The molecule has 28 heavy (non-hydrogen) atoms. The second-order valence-corrected chi connectivity index (χ2v) is 8.01. The van der Waals surface area contributed by atoms with E-state index in [0.29, 0.717) is 0 Å². The molecule has 0 aliphatic carbocycles. The summed E-state index contributed by atoms with van der Waals surface area (Å²) in [6.07, 6.45) is 0.948. The Bertz CT molecular complexity index is 776. The molecule has 154 valence electrons. The van der Waals surface area contributed by atoms with Crippen molar-refractivity contribution in [2.45, 2.75) is 26.3 Å². The molecule has 3 rings (SSSR count). The third-order valence-electron chi connectivity index (χ3n) is 4.55. The molecule has 9 heteroatoms. The van der Waals surface area contributed by atoms with Gasteiger partial charge in [-0.1, -0.05) is 37.3 Å². The van der Waals surface area contributed by atoms with Gasteiger partial charge in [0.05, 0.1) is 10.2 Å². The average molecular weight is 516 g/mol. The Morgan fingerprint density at radius 3 is 2.86 bits per heavy atom. The minimum Gasteiger partial charge on any atom is -0.360 e. The number of carbonyl (C=O) groups excluding carboxylic acids is 1. The van der Waals surface area contributed by atoms with Gasteiger partial charge in [-0.05, 0) is 18.6 Å². The van der Waals surface area contributed by atoms with Crippen LogP contribution in [0.15, 0.2) is 29.3 Å². The van der Waals surface area contributed by atoms with Crippen molar-refractivity contribution >= 4 is 62.5 Å². The molecule has 2 heterocycles. The molecule has 0 saturated carbocycles. The van der Waals surface area contributed by atoms with E-state index in [9.17, 15) is 4.79 Å². The molecular weight excluding hydrogens is 487 g/mol. The molecule has 1 aliphatic rings. The fraction of sp³-hybridized carbons (Fsp3) is 0.526. The normalized spacial score (nSPS) is 16.9. The minimum absolute atomic E-state index is 0. The molecular formula is C19H29IN6OS.